The van der Waals surface area contributed by atoms with E-state index >= 15 is 0 Å². The van der Waals surface area contributed by atoms with Gasteiger partial charge in [-0.1, -0.05) is 12.1 Å². The van der Waals surface area contributed by atoms with Crippen molar-refractivity contribution in [1.29, 1.82) is 0 Å². The Morgan fingerprint density at radius 1 is 0.938 bits per heavy atom. The molecule has 0 atom stereocenters. The van der Waals surface area contributed by atoms with Crippen molar-refractivity contribution in [3.8, 4) is 0 Å². The predicted octanol–water partition coefficient (Wildman–Crippen LogP) is 3.64. The Hall–Kier alpha value is -1.12. The largest absolute Gasteiger partial charge is 0.264 e. The molecule has 2 heterocycles. The van der Waals surface area contributed by atoms with Crippen LogP contribution in [0.3, 0.4) is 0 Å². The highest BCUT2D eigenvalue weighted by Gasteiger charge is 1.83. The van der Waals surface area contributed by atoms with Gasteiger partial charge >= 0.3 is 0 Å². The first-order valence-corrected chi connectivity index (χ1v) is 5.84. The molecule has 0 saturated carbocycles. The Bertz CT molecular complexity index is 339. The third kappa shape index (κ3) is 5.10. The van der Waals surface area contributed by atoms with Gasteiger partial charge in [-0.05, 0) is 23.8 Å². The van der Waals surface area contributed by atoms with Gasteiger partial charge < -0.3 is 0 Å². The first-order chi connectivity index (χ1) is 7.86. The summed E-state index contributed by atoms with van der Waals surface area (Å²) in [7, 11) is 0. The number of pyridine rings is 2. The molecule has 2 nitrogen and oxygen atoms in total. The van der Waals surface area contributed by atoms with Crippen LogP contribution in [0.5, 0.6) is 0 Å². The van der Waals surface area contributed by atoms with Crippen LogP contribution in [0.4, 0.5) is 0 Å². The fraction of sp³-hybridized carbons (Fsp3) is 0.167. The molecule has 0 aromatic carbocycles. The van der Waals surface area contributed by atoms with E-state index in [1.165, 1.54) is 0 Å². The molecule has 0 N–H and O–H groups in total. The Labute approximate surface area is 105 Å². The van der Waals surface area contributed by atoms with E-state index in [0.29, 0.717) is 11.8 Å². The van der Waals surface area contributed by atoms with E-state index < -0.39 is 0 Å². The van der Waals surface area contributed by atoms with Crippen LogP contribution in [-0.2, 0) is 11.8 Å². The van der Waals surface area contributed by atoms with Crippen LogP contribution in [-0.4, -0.2) is 9.97 Å². The van der Waals surface area contributed by atoms with Crippen LogP contribution in [0.1, 0.15) is 11.3 Å². The third-order valence-corrected chi connectivity index (χ3v) is 2.32. The topological polar surface area (TPSA) is 25.8 Å². The fourth-order valence-electron chi connectivity index (χ4n) is 0.954. The van der Waals surface area contributed by atoms with Crippen molar-refractivity contribution in [1.82, 2.24) is 9.97 Å². The average Bonchev–Trinajstić information content (AvgIpc) is 2.41. The summed E-state index contributed by atoms with van der Waals surface area (Å²) in [5, 5.41) is 0. The van der Waals surface area contributed by atoms with E-state index in [0.717, 1.165) is 11.3 Å². The molecule has 0 bridgehead atoms. The maximum atomic E-state index is 5.49. The fourth-order valence-corrected chi connectivity index (χ4v) is 1.27. The van der Waals surface area contributed by atoms with Crippen LogP contribution < -0.4 is 0 Å². The van der Waals surface area contributed by atoms with Gasteiger partial charge in [0.25, 0.3) is 0 Å². The Balaban J connectivity index is 0.000000160. The van der Waals surface area contributed by atoms with E-state index in [9.17, 15) is 0 Å². The normalized spacial score (nSPS) is 9.12. The maximum Gasteiger partial charge on any atom is 0.0647 e. The van der Waals surface area contributed by atoms with Crippen LogP contribution in [0, 0.1) is 0 Å². The smallest absolute Gasteiger partial charge is 0.0647 e. The van der Waals surface area contributed by atoms with Gasteiger partial charge in [0.05, 0.1) is 11.6 Å². The summed E-state index contributed by atoms with van der Waals surface area (Å²) in [5.74, 6) is 1.05. The lowest BCUT2D eigenvalue weighted by molar-refractivity contribution is 1.17. The molecule has 0 saturated heterocycles. The summed E-state index contributed by atoms with van der Waals surface area (Å²) in [5.41, 5.74) is 1.99. The van der Waals surface area contributed by atoms with Gasteiger partial charge in [0, 0.05) is 24.5 Å². The molecule has 0 radical (unpaired) electrons. The molecule has 0 aliphatic rings. The van der Waals surface area contributed by atoms with Crippen molar-refractivity contribution in [2.45, 2.75) is 11.8 Å². The van der Waals surface area contributed by atoms with Gasteiger partial charge in [0.2, 0.25) is 0 Å². The summed E-state index contributed by atoms with van der Waals surface area (Å²) in [6, 6.07) is 9.51. The molecule has 2 rings (SSSR count). The van der Waals surface area contributed by atoms with Crippen molar-refractivity contribution >= 4 is 23.2 Å². The number of alkyl halides is 2. The molecule has 0 amide bonds. The molecular weight excluding hydrogens is 243 g/mol. The first-order valence-electron chi connectivity index (χ1n) is 4.77. The van der Waals surface area contributed by atoms with E-state index in [2.05, 4.69) is 9.97 Å². The van der Waals surface area contributed by atoms with Crippen molar-refractivity contribution in [3.63, 3.8) is 0 Å². The van der Waals surface area contributed by atoms with Crippen molar-refractivity contribution in [3.05, 3.63) is 60.2 Å². The molecule has 2 aromatic heterocycles. The zero-order valence-corrected chi connectivity index (χ0v) is 10.2. The molecule has 16 heavy (non-hydrogen) atoms. The monoisotopic (exact) mass is 254 g/mol. The van der Waals surface area contributed by atoms with E-state index in [-0.39, 0.29) is 0 Å². The summed E-state index contributed by atoms with van der Waals surface area (Å²) >= 11 is 11.0. The van der Waals surface area contributed by atoms with Gasteiger partial charge in [-0.25, -0.2) is 0 Å². The number of nitrogens with zero attached hydrogens (tertiary/aromatic N) is 2. The standard InChI is InChI=1S/2C6H6ClN/c7-4-6-2-1-3-8-5-6;7-5-6-3-1-2-4-8-6/h1-3,5H,4H2;1-4H,5H2. The zero-order chi connectivity index (χ0) is 11.6. The highest BCUT2D eigenvalue weighted by molar-refractivity contribution is 6.17. The minimum Gasteiger partial charge on any atom is -0.264 e. The minimum absolute atomic E-state index is 0.501. The van der Waals surface area contributed by atoms with Gasteiger partial charge in [-0.3, -0.25) is 9.97 Å². The van der Waals surface area contributed by atoms with Crippen LogP contribution >= 0.6 is 23.2 Å². The van der Waals surface area contributed by atoms with Gasteiger partial charge in [0.1, 0.15) is 0 Å². The van der Waals surface area contributed by atoms with Crippen LogP contribution in [0.2, 0.25) is 0 Å². The van der Waals surface area contributed by atoms with E-state index in [1.54, 1.807) is 18.6 Å². The highest BCUT2D eigenvalue weighted by Crippen LogP contribution is 1.98. The second kappa shape index (κ2) is 8.08. The number of hydrogen-bond donors (Lipinski definition) is 0. The number of rotatable bonds is 2. The second-order valence-corrected chi connectivity index (χ2v) is 3.48. The van der Waals surface area contributed by atoms with E-state index in [4.69, 9.17) is 23.2 Å². The number of hydrogen-bond acceptors (Lipinski definition) is 2. The predicted molar refractivity (Wildman–Crippen MR) is 67.6 cm³/mol. The summed E-state index contributed by atoms with van der Waals surface area (Å²) in [6.45, 7) is 0. The van der Waals surface area contributed by atoms with Gasteiger partial charge in [0.15, 0.2) is 0 Å². The molecular formula is C12H12Cl2N2. The zero-order valence-electron chi connectivity index (χ0n) is 8.68. The molecule has 0 aliphatic carbocycles. The molecule has 2 aromatic rings. The van der Waals surface area contributed by atoms with Crippen LogP contribution in [0.15, 0.2) is 48.9 Å². The SMILES string of the molecule is ClCc1ccccn1.ClCc1cccnc1. The summed E-state index contributed by atoms with van der Waals surface area (Å²) < 4.78 is 0. The summed E-state index contributed by atoms with van der Waals surface area (Å²) in [6.07, 6.45) is 5.22. The molecule has 0 aliphatic heterocycles. The van der Waals surface area contributed by atoms with Crippen LogP contribution in [0.25, 0.3) is 0 Å². The first kappa shape index (κ1) is 12.9. The Morgan fingerprint density at radius 2 is 1.81 bits per heavy atom. The molecule has 0 fully saturated rings. The Morgan fingerprint density at radius 3 is 2.19 bits per heavy atom. The molecule has 4 heteroatoms. The average molecular weight is 255 g/mol. The lowest BCUT2D eigenvalue weighted by Gasteiger charge is -1.87. The maximum absolute atomic E-state index is 5.49. The molecule has 84 valence electrons. The molecule has 0 spiro atoms. The quantitative estimate of drug-likeness (QED) is 0.765. The van der Waals surface area contributed by atoms with E-state index in [1.807, 2.05) is 30.3 Å². The van der Waals surface area contributed by atoms with Gasteiger partial charge in [-0.15, -0.1) is 23.2 Å². The number of halogens is 2. The van der Waals surface area contributed by atoms with Crippen molar-refractivity contribution in [2.75, 3.05) is 0 Å². The second-order valence-electron chi connectivity index (χ2n) is 2.95. The lowest BCUT2D eigenvalue weighted by atomic mass is 10.3. The third-order valence-electron chi connectivity index (χ3n) is 1.74. The number of aromatic nitrogens is 2. The van der Waals surface area contributed by atoms with Crippen molar-refractivity contribution < 1.29 is 0 Å². The van der Waals surface area contributed by atoms with Crippen molar-refractivity contribution in [2.24, 2.45) is 0 Å². The summed E-state index contributed by atoms with van der Waals surface area (Å²) in [4.78, 5) is 7.84. The minimum atomic E-state index is 0.501. The molecule has 0 unspecified atom stereocenters. The van der Waals surface area contributed by atoms with Gasteiger partial charge in [-0.2, -0.15) is 0 Å². The highest BCUT2D eigenvalue weighted by atomic mass is 35.5. The Kier molecular flexibility index (Phi) is 6.54. The lowest BCUT2D eigenvalue weighted by Crippen LogP contribution is -1.79.